The Kier molecular flexibility index (Phi) is 5.59. The molecule has 0 aliphatic carbocycles. The van der Waals surface area contributed by atoms with Gasteiger partial charge in [-0.15, -0.1) is 0 Å². The fraction of sp³-hybridized carbons (Fsp3) is 0.467. The number of halogens is 1. The van der Waals surface area contributed by atoms with Gasteiger partial charge in [-0.3, -0.25) is 4.79 Å². The van der Waals surface area contributed by atoms with Crippen molar-refractivity contribution in [1.82, 2.24) is 10.2 Å². The Hall–Kier alpha value is -1.58. The van der Waals surface area contributed by atoms with E-state index in [1.807, 2.05) is 13.0 Å². The zero-order valence-electron chi connectivity index (χ0n) is 11.9. The molecule has 1 saturated heterocycles. The van der Waals surface area contributed by atoms with Gasteiger partial charge in [0.15, 0.2) is 0 Å². The molecule has 4 nitrogen and oxygen atoms in total. The van der Waals surface area contributed by atoms with Gasteiger partial charge in [0, 0.05) is 36.7 Å². The van der Waals surface area contributed by atoms with Crippen LogP contribution < -0.4 is 5.32 Å². The van der Waals surface area contributed by atoms with Gasteiger partial charge in [-0.05, 0) is 19.1 Å². The van der Waals surface area contributed by atoms with Crippen molar-refractivity contribution in [3.05, 3.63) is 35.1 Å². The minimum Gasteiger partial charge on any atom is -0.337 e. The number of nitriles is 1. The topological polar surface area (TPSA) is 56.1 Å². The molecule has 112 valence electrons. The molecule has 1 amide bonds. The maximum atomic E-state index is 13.9. The zero-order chi connectivity index (χ0) is 15.2. The number of carbonyl (C=O) groups is 1. The van der Waals surface area contributed by atoms with E-state index in [1.54, 1.807) is 28.8 Å². The molecule has 1 aliphatic heterocycles. The smallest absolute Gasteiger partial charge is 0.240 e. The predicted molar refractivity (Wildman–Crippen MR) is 81.3 cm³/mol. The van der Waals surface area contributed by atoms with Crippen LogP contribution in [0.2, 0.25) is 0 Å². The van der Waals surface area contributed by atoms with Crippen LogP contribution in [0.5, 0.6) is 0 Å². The number of thioether (sulfide) groups is 1. The fourth-order valence-corrected chi connectivity index (χ4v) is 3.17. The van der Waals surface area contributed by atoms with E-state index in [9.17, 15) is 9.18 Å². The van der Waals surface area contributed by atoms with Gasteiger partial charge in [-0.2, -0.15) is 17.0 Å². The van der Waals surface area contributed by atoms with Gasteiger partial charge < -0.3 is 10.2 Å². The molecule has 1 atom stereocenters. The van der Waals surface area contributed by atoms with Gasteiger partial charge in [0.25, 0.3) is 0 Å². The summed E-state index contributed by atoms with van der Waals surface area (Å²) in [5.41, 5.74) is 0.726. The molecule has 1 heterocycles. The molecule has 1 aliphatic rings. The van der Waals surface area contributed by atoms with Gasteiger partial charge >= 0.3 is 0 Å². The molecule has 0 saturated carbocycles. The third-order valence-corrected chi connectivity index (χ3v) is 4.52. The van der Waals surface area contributed by atoms with Crippen LogP contribution in [0, 0.1) is 17.1 Å². The van der Waals surface area contributed by atoms with E-state index in [1.165, 1.54) is 6.07 Å². The van der Waals surface area contributed by atoms with Crippen LogP contribution >= 0.6 is 11.8 Å². The Morgan fingerprint density at radius 2 is 2.43 bits per heavy atom. The van der Waals surface area contributed by atoms with Gasteiger partial charge in [0.1, 0.15) is 5.82 Å². The van der Waals surface area contributed by atoms with E-state index >= 15 is 0 Å². The number of carbonyl (C=O) groups excluding carboxylic acids is 1. The highest BCUT2D eigenvalue weighted by molar-refractivity contribution is 7.99. The van der Waals surface area contributed by atoms with E-state index in [4.69, 9.17) is 5.26 Å². The van der Waals surface area contributed by atoms with Crippen molar-refractivity contribution in [2.24, 2.45) is 0 Å². The molecular weight excluding hydrogens is 289 g/mol. The summed E-state index contributed by atoms with van der Waals surface area (Å²) < 4.78 is 13.9. The van der Waals surface area contributed by atoms with Gasteiger partial charge in [0.2, 0.25) is 5.91 Å². The Bertz CT molecular complexity index is 552. The summed E-state index contributed by atoms with van der Waals surface area (Å²) in [6, 6.07) is 6.08. The summed E-state index contributed by atoms with van der Waals surface area (Å²) in [6.07, 6.45) is 0. The quantitative estimate of drug-likeness (QED) is 0.921. The van der Waals surface area contributed by atoms with Crippen LogP contribution in [0.1, 0.15) is 18.1 Å². The molecule has 1 aromatic rings. The fourth-order valence-electron chi connectivity index (χ4n) is 2.24. The minimum absolute atomic E-state index is 0.00783. The predicted octanol–water partition coefficient (Wildman–Crippen LogP) is 1.75. The molecular formula is C15H18FN3OS. The second kappa shape index (κ2) is 7.43. The van der Waals surface area contributed by atoms with Crippen molar-refractivity contribution >= 4 is 17.7 Å². The number of nitrogens with zero attached hydrogens (tertiary/aromatic N) is 2. The molecule has 0 bridgehead atoms. The molecule has 21 heavy (non-hydrogen) atoms. The monoisotopic (exact) mass is 307 g/mol. The standard InChI is InChI=1S/C15H18FN3OS/c1-2-19(15(20)14-10-21-6-5-18-14)9-12-4-3-11(8-17)7-13(12)16/h3-4,7,14,18H,2,5-6,9-10H2,1H3. The SMILES string of the molecule is CCN(Cc1ccc(C#N)cc1F)C(=O)C1CSCCN1. The number of nitrogens with one attached hydrogen (secondary N) is 1. The lowest BCUT2D eigenvalue weighted by Gasteiger charge is -2.29. The normalized spacial score (nSPS) is 18.0. The van der Waals surface area contributed by atoms with Crippen LogP contribution in [-0.2, 0) is 11.3 Å². The number of likely N-dealkylation sites (N-methyl/N-ethyl adjacent to an activating group) is 1. The lowest BCUT2D eigenvalue weighted by Crippen LogP contribution is -2.50. The first-order valence-corrected chi connectivity index (χ1v) is 8.09. The second-order valence-corrected chi connectivity index (χ2v) is 6.00. The largest absolute Gasteiger partial charge is 0.337 e. The zero-order valence-corrected chi connectivity index (χ0v) is 12.8. The minimum atomic E-state index is -0.439. The van der Waals surface area contributed by atoms with Crippen molar-refractivity contribution in [1.29, 1.82) is 5.26 Å². The Labute approximate surface area is 128 Å². The van der Waals surface area contributed by atoms with E-state index in [-0.39, 0.29) is 24.1 Å². The molecule has 0 aromatic heterocycles. The molecule has 6 heteroatoms. The van der Waals surface area contributed by atoms with Crippen LogP contribution in [0.15, 0.2) is 18.2 Å². The highest BCUT2D eigenvalue weighted by atomic mass is 32.2. The summed E-state index contributed by atoms with van der Waals surface area (Å²) in [4.78, 5) is 14.1. The first-order valence-electron chi connectivity index (χ1n) is 6.94. The molecule has 1 N–H and O–H groups in total. The first-order chi connectivity index (χ1) is 10.2. The number of hydrogen-bond acceptors (Lipinski definition) is 4. The highest BCUT2D eigenvalue weighted by Crippen LogP contribution is 2.15. The summed E-state index contributed by atoms with van der Waals surface area (Å²) in [5, 5.41) is 12.0. The van der Waals surface area contributed by atoms with Crippen molar-refractivity contribution in [2.75, 3.05) is 24.6 Å². The number of hydrogen-bond donors (Lipinski definition) is 1. The Morgan fingerprint density at radius 3 is 3.00 bits per heavy atom. The Balaban J connectivity index is 2.08. The van der Waals surface area contributed by atoms with Crippen LogP contribution in [-0.4, -0.2) is 41.4 Å². The molecule has 2 rings (SSSR count). The third kappa shape index (κ3) is 3.96. The Morgan fingerprint density at radius 1 is 1.62 bits per heavy atom. The second-order valence-electron chi connectivity index (χ2n) is 4.85. The lowest BCUT2D eigenvalue weighted by atomic mass is 10.1. The van der Waals surface area contributed by atoms with Crippen molar-refractivity contribution in [2.45, 2.75) is 19.5 Å². The van der Waals surface area contributed by atoms with Crippen molar-refractivity contribution in [3.8, 4) is 6.07 Å². The first kappa shape index (κ1) is 15.8. The van der Waals surface area contributed by atoms with E-state index in [2.05, 4.69) is 5.32 Å². The van der Waals surface area contributed by atoms with Gasteiger partial charge in [-0.25, -0.2) is 4.39 Å². The molecule has 0 radical (unpaired) electrons. The van der Waals surface area contributed by atoms with E-state index < -0.39 is 5.82 Å². The molecule has 1 aromatic carbocycles. The summed E-state index contributed by atoms with van der Waals surface area (Å²) in [5.74, 6) is 1.34. The highest BCUT2D eigenvalue weighted by Gasteiger charge is 2.25. The van der Waals surface area contributed by atoms with E-state index in [0.29, 0.717) is 12.1 Å². The van der Waals surface area contributed by atoms with Crippen LogP contribution in [0.3, 0.4) is 0 Å². The maximum absolute atomic E-state index is 13.9. The van der Waals surface area contributed by atoms with Gasteiger partial charge in [0.05, 0.1) is 17.7 Å². The van der Waals surface area contributed by atoms with Gasteiger partial charge in [-0.1, -0.05) is 6.07 Å². The van der Waals surface area contributed by atoms with Crippen molar-refractivity contribution in [3.63, 3.8) is 0 Å². The number of benzene rings is 1. The number of rotatable bonds is 4. The third-order valence-electron chi connectivity index (χ3n) is 3.46. The average Bonchev–Trinajstić information content (AvgIpc) is 2.54. The summed E-state index contributed by atoms with van der Waals surface area (Å²) in [7, 11) is 0. The molecule has 0 spiro atoms. The van der Waals surface area contributed by atoms with E-state index in [0.717, 1.165) is 18.1 Å². The summed E-state index contributed by atoms with van der Waals surface area (Å²) in [6.45, 7) is 3.47. The van der Waals surface area contributed by atoms with Crippen LogP contribution in [0.4, 0.5) is 4.39 Å². The maximum Gasteiger partial charge on any atom is 0.240 e. The molecule has 1 unspecified atom stereocenters. The van der Waals surface area contributed by atoms with Crippen molar-refractivity contribution < 1.29 is 9.18 Å². The average molecular weight is 307 g/mol. The lowest BCUT2D eigenvalue weighted by molar-refractivity contribution is -0.133. The molecule has 1 fully saturated rings. The summed E-state index contributed by atoms with van der Waals surface area (Å²) >= 11 is 1.75. The number of amides is 1. The van der Waals surface area contributed by atoms with Crippen LogP contribution in [0.25, 0.3) is 0 Å².